The van der Waals surface area contributed by atoms with Crippen LogP contribution in [0.2, 0.25) is 0 Å². The van der Waals surface area contributed by atoms with Gasteiger partial charge < -0.3 is 0 Å². The molecule has 0 spiro atoms. The van der Waals surface area contributed by atoms with Gasteiger partial charge in [-0.2, -0.15) is 22.8 Å². The lowest BCUT2D eigenvalue weighted by molar-refractivity contribution is -0.668. The van der Waals surface area contributed by atoms with Crippen molar-refractivity contribution in [3.8, 4) is 17.1 Å². The Labute approximate surface area is 124 Å². The maximum atomic E-state index is 12.6. The molecule has 0 atom stereocenters. The van der Waals surface area contributed by atoms with Gasteiger partial charge in [0.2, 0.25) is 0 Å². The highest BCUT2D eigenvalue weighted by Crippen LogP contribution is 2.30. The van der Waals surface area contributed by atoms with Gasteiger partial charge in [0, 0.05) is 11.4 Å². The molecule has 22 heavy (non-hydrogen) atoms. The summed E-state index contributed by atoms with van der Waals surface area (Å²) in [7, 11) is 1.70. The lowest BCUT2D eigenvalue weighted by atomic mass is 10.1. The topological polar surface area (TPSA) is 34.6 Å². The molecule has 1 aromatic carbocycles. The fourth-order valence-electron chi connectivity index (χ4n) is 2.02. The molecule has 3 aromatic rings. The van der Waals surface area contributed by atoms with E-state index in [4.69, 9.17) is 0 Å². The Kier molecular flexibility index (Phi) is 3.40. The number of nitrogens with zero attached hydrogens (tertiary/aromatic N) is 4. The average Bonchev–Trinajstić information content (AvgIpc) is 2.89. The van der Waals surface area contributed by atoms with Gasteiger partial charge in [-0.25, -0.2) is 4.68 Å². The number of aromatic nitrogens is 4. The lowest BCUT2D eigenvalue weighted by Crippen LogP contribution is -2.34. The van der Waals surface area contributed by atoms with Crippen LogP contribution < -0.4 is 4.68 Å². The molecule has 112 valence electrons. The third-order valence-electron chi connectivity index (χ3n) is 3.11. The van der Waals surface area contributed by atoms with E-state index < -0.39 is 11.7 Å². The molecule has 0 aliphatic carbocycles. The van der Waals surface area contributed by atoms with Crippen molar-refractivity contribution >= 4 is 0 Å². The van der Waals surface area contributed by atoms with Crippen molar-refractivity contribution < 1.29 is 17.9 Å². The Morgan fingerprint density at radius 2 is 1.82 bits per heavy atom. The van der Waals surface area contributed by atoms with Crippen LogP contribution in [-0.2, 0) is 13.2 Å². The molecule has 0 bridgehead atoms. The van der Waals surface area contributed by atoms with Crippen LogP contribution in [-0.4, -0.2) is 14.9 Å². The van der Waals surface area contributed by atoms with Crippen molar-refractivity contribution in [1.82, 2.24) is 14.9 Å². The zero-order valence-corrected chi connectivity index (χ0v) is 11.5. The Hall–Kier alpha value is -2.70. The molecule has 0 N–H and O–H groups in total. The van der Waals surface area contributed by atoms with Gasteiger partial charge in [-0.1, -0.05) is 23.8 Å². The first-order valence-electron chi connectivity index (χ1n) is 6.43. The van der Waals surface area contributed by atoms with Crippen LogP contribution in [0.15, 0.2) is 48.7 Å². The van der Waals surface area contributed by atoms with Crippen LogP contribution in [0, 0.1) is 6.20 Å². The quantitative estimate of drug-likeness (QED) is 0.539. The summed E-state index contributed by atoms with van der Waals surface area (Å²) in [6, 6.07) is 10.3. The Morgan fingerprint density at radius 1 is 1.09 bits per heavy atom. The van der Waals surface area contributed by atoms with E-state index in [0.29, 0.717) is 17.1 Å². The van der Waals surface area contributed by atoms with E-state index in [2.05, 4.69) is 16.4 Å². The zero-order chi connectivity index (χ0) is 15.7. The first kappa shape index (κ1) is 14.2. The van der Waals surface area contributed by atoms with Crippen LogP contribution in [0.4, 0.5) is 13.2 Å². The van der Waals surface area contributed by atoms with E-state index >= 15 is 0 Å². The predicted octanol–water partition coefficient (Wildman–Crippen LogP) is 2.58. The first-order valence-corrected chi connectivity index (χ1v) is 6.43. The minimum absolute atomic E-state index is 0.569. The largest absolute Gasteiger partial charge is 0.416 e. The number of rotatable bonds is 2. The second-order valence-corrected chi connectivity index (χ2v) is 4.65. The lowest BCUT2D eigenvalue weighted by Gasteiger charge is -2.08. The predicted molar refractivity (Wildman–Crippen MR) is 71.8 cm³/mol. The van der Waals surface area contributed by atoms with Crippen LogP contribution in [0.3, 0.4) is 0 Å². The van der Waals surface area contributed by atoms with Crippen LogP contribution in [0.1, 0.15) is 5.56 Å². The van der Waals surface area contributed by atoms with E-state index in [-0.39, 0.29) is 0 Å². The number of halogens is 3. The molecule has 0 unspecified atom stereocenters. The number of hydrogen-bond acceptors (Lipinski definition) is 2. The van der Waals surface area contributed by atoms with E-state index in [0.717, 1.165) is 12.1 Å². The van der Waals surface area contributed by atoms with Gasteiger partial charge in [-0.15, -0.1) is 12.1 Å². The molecule has 0 saturated heterocycles. The van der Waals surface area contributed by atoms with Crippen LogP contribution in [0.25, 0.3) is 17.1 Å². The van der Waals surface area contributed by atoms with E-state index in [9.17, 15) is 13.2 Å². The van der Waals surface area contributed by atoms with Gasteiger partial charge in [0.1, 0.15) is 0 Å². The minimum Gasteiger partial charge on any atom is -0.216 e. The standard InChI is InChI=1S/C15H11F3N4/c1-21-13(10-22(20-21)14-4-2-3-9-19-14)11-5-7-12(8-6-11)15(16,17)18/h2-9H,1H3. The van der Waals surface area contributed by atoms with Crippen molar-refractivity contribution in [2.75, 3.05) is 0 Å². The van der Waals surface area contributed by atoms with Crippen molar-refractivity contribution in [2.24, 2.45) is 7.05 Å². The highest BCUT2D eigenvalue weighted by Gasteiger charge is 2.29. The Balaban J connectivity index is 1.98. The maximum absolute atomic E-state index is 12.6. The molecular formula is C15H11F3N4. The summed E-state index contributed by atoms with van der Waals surface area (Å²) in [6.07, 6.45) is 0.280. The van der Waals surface area contributed by atoms with Crippen molar-refractivity contribution in [2.45, 2.75) is 6.18 Å². The third-order valence-corrected chi connectivity index (χ3v) is 3.11. The summed E-state index contributed by atoms with van der Waals surface area (Å²) in [4.78, 5) is 4.15. The van der Waals surface area contributed by atoms with Crippen molar-refractivity contribution in [3.63, 3.8) is 0 Å². The van der Waals surface area contributed by atoms with Crippen molar-refractivity contribution in [1.29, 1.82) is 0 Å². The molecule has 0 aliphatic rings. The Bertz CT molecular complexity index is 777. The molecule has 7 heteroatoms. The van der Waals surface area contributed by atoms with Gasteiger partial charge in [0.15, 0.2) is 5.82 Å². The molecule has 4 nitrogen and oxygen atoms in total. The third kappa shape index (κ3) is 2.69. The molecule has 0 amide bonds. The van der Waals surface area contributed by atoms with E-state index in [1.165, 1.54) is 21.5 Å². The fraction of sp³-hybridized carbons (Fsp3) is 0.133. The summed E-state index contributed by atoms with van der Waals surface area (Å²) >= 11 is 0. The molecule has 0 saturated carbocycles. The normalized spacial score (nSPS) is 11.6. The summed E-state index contributed by atoms with van der Waals surface area (Å²) < 4.78 is 40.8. The SMILES string of the molecule is Cn1n[n+](-c2ccccn2)[c-]c1-c1ccc(C(F)(F)F)cc1. The first-order chi connectivity index (χ1) is 10.4. The number of alkyl halides is 3. The molecular weight excluding hydrogens is 293 g/mol. The minimum atomic E-state index is -4.34. The molecule has 0 radical (unpaired) electrons. The van der Waals surface area contributed by atoms with E-state index in [1.807, 2.05) is 6.07 Å². The van der Waals surface area contributed by atoms with Gasteiger partial charge in [-0.3, -0.25) is 0 Å². The van der Waals surface area contributed by atoms with Crippen LogP contribution in [0.5, 0.6) is 0 Å². The highest BCUT2D eigenvalue weighted by atomic mass is 19.4. The van der Waals surface area contributed by atoms with Crippen LogP contribution >= 0.6 is 0 Å². The Morgan fingerprint density at radius 3 is 2.41 bits per heavy atom. The zero-order valence-electron chi connectivity index (χ0n) is 11.5. The average molecular weight is 304 g/mol. The van der Waals surface area contributed by atoms with Gasteiger partial charge in [-0.05, 0) is 12.1 Å². The smallest absolute Gasteiger partial charge is 0.216 e. The molecule has 0 fully saturated rings. The molecule has 0 aliphatic heterocycles. The summed E-state index contributed by atoms with van der Waals surface area (Å²) in [5.41, 5.74) is 0.480. The number of aryl methyl sites for hydroxylation is 1. The summed E-state index contributed by atoms with van der Waals surface area (Å²) in [5, 5.41) is 4.22. The second kappa shape index (κ2) is 5.25. The van der Waals surface area contributed by atoms with Gasteiger partial charge in [0.25, 0.3) is 0 Å². The molecule has 2 heterocycles. The number of hydrogen-bond donors (Lipinski definition) is 0. The molecule has 2 aromatic heterocycles. The second-order valence-electron chi connectivity index (χ2n) is 4.65. The van der Waals surface area contributed by atoms with Gasteiger partial charge >= 0.3 is 6.18 Å². The number of benzene rings is 1. The summed E-state index contributed by atoms with van der Waals surface area (Å²) in [6.45, 7) is 0. The van der Waals surface area contributed by atoms with E-state index in [1.54, 1.807) is 25.4 Å². The summed E-state index contributed by atoms with van der Waals surface area (Å²) in [5.74, 6) is 0.580. The molecule has 3 rings (SSSR count). The fourth-order valence-corrected chi connectivity index (χ4v) is 2.02. The van der Waals surface area contributed by atoms with Gasteiger partial charge in [0.05, 0.1) is 24.5 Å². The highest BCUT2D eigenvalue weighted by molar-refractivity contribution is 5.57. The van der Waals surface area contributed by atoms with Crippen molar-refractivity contribution in [3.05, 3.63) is 60.4 Å². The number of pyridine rings is 1. The maximum Gasteiger partial charge on any atom is 0.416 e. The monoisotopic (exact) mass is 304 g/mol.